The first-order valence-corrected chi connectivity index (χ1v) is 15.2. The van der Waals surface area contributed by atoms with E-state index in [0.717, 1.165) is 21.9 Å². The number of carbonyl (C=O) groups is 2. The van der Waals surface area contributed by atoms with Crippen molar-refractivity contribution in [3.05, 3.63) is 93.5 Å². The van der Waals surface area contributed by atoms with Crippen LogP contribution in [0.15, 0.2) is 71.6 Å². The lowest BCUT2D eigenvalue weighted by Gasteiger charge is -2.32. The smallest absolute Gasteiger partial charge is 0.264 e. The number of rotatable bonds is 11. The molecular weight excluding hydrogens is 569 g/mol. The first-order chi connectivity index (χ1) is 18.8. The van der Waals surface area contributed by atoms with E-state index in [0.29, 0.717) is 21.3 Å². The molecule has 0 aromatic heterocycles. The van der Waals surface area contributed by atoms with Crippen LogP contribution in [0.3, 0.4) is 0 Å². The number of nitrogens with one attached hydrogen (secondary N) is 1. The van der Waals surface area contributed by atoms with Gasteiger partial charge in [0.2, 0.25) is 11.8 Å². The lowest BCUT2D eigenvalue weighted by atomic mass is 10.1. The summed E-state index contributed by atoms with van der Waals surface area (Å²) in [6, 6.07) is 17.3. The van der Waals surface area contributed by atoms with Crippen LogP contribution >= 0.6 is 23.2 Å². The van der Waals surface area contributed by atoms with Crippen LogP contribution in [0.25, 0.3) is 0 Å². The van der Waals surface area contributed by atoms with E-state index < -0.39 is 28.5 Å². The molecule has 0 aliphatic rings. The van der Waals surface area contributed by atoms with Crippen LogP contribution in [0.1, 0.15) is 43.9 Å². The standard InChI is InChI=1S/C30H35Cl2N3O4S/c1-6-22(4)33-30(37)23(5)34(18-24-12-13-27(31)28(32)17-24)29(36)19-35(25-15-20(2)14-21(3)16-25)40(38,39)26-10-8-7-9-11-26/h7-17,22-23H,6,18-19H2,1-5H3,(H,33,37)/t22-,23+/m1/s1. The highest BCUT2D eigenvalue weighted by Crippen LogP contribution is 2.27. The second kappa shape index (κ2) is 13.5. The predicted octanol–water partition coefficient (Wildman–Crippen LogP) is 6.14. The molecule has 0 saturated heterocycles. The molecule has 0 radical (unpaired) electrons. The lowest BCUT2D eigenvalue weighted by Crippen LogP contribution is -2.52. The van der Waals surface area contributed by atoms with Crippen LogP contribution in [0, 0.1) is 13.8 Å². The zero-order valence-corrected chi connectivity index (χ0v) is 25.6. The molecular formula is C30H35Cl2N3O4S. The molecule has 0 unspecified atom stereocenters. The van der Waals surface area contributed by atoms with E-state index in [2.05, 4.69) is 5.32 Å². The molecule has 0 saturated carbocycles. The Hall–Kier alpha value is -3.07. The number of hydrogen-bond acceptors (Lipinski definition) is 4. The Kier molecular flexibility index (Phi) is 10.6. The van der Waals surface area contributed by atoms with Gasteiger partial charge in [0, 0.05) is 12.6 Å². The summed E-state index contributed by atoms with van der Waals surface area (Å²) < 4.78 is 28.9. The van der Waals surface area contributed by atoms with Crippen molar-refractivity contribution in [2.45, 2.75) is 64.6 Å². The fourth-order valence-electron chi connectivity index (χ4n) is 4.23. The highest BCUT2D eigenvalue weighted by Gasteiger charge is 2.33. The summed E-state index contributed by atoms with van der Waals surface area (Å²) in [5, 5.41) is 3.59. The van der Waals surface area contributed by atoms with E-state index in [-0.39, 0.29) is 23.4 Å². The molecule has 214 valence electrons. The number of halogens is 2. The molecule has 0 bridgehead atoms. The zero-order chi connectivity index (χ0) is 29.6. The Morgan fingerprint density at radius 3 is 2.10 bits per heavy atom. The number of sulfonamides is 1. The molecule has 3 aromatic carbocycles. The number of aryl methyl sites for hydroxylation is 2. The maximum absolute atomic E-state index is 14.0. The van der Waals surface area contributed by atoms with Crippen molar-refractivity contribution in [3.63, 3.8) is 0 Å². The maximum atomic E-state index is 14.0. The third-order valence-corrected chi connectivity index (χ3v) is 9.14. The van der Waals surface area contributed by atoms with Crippen LogP contribution in [-0.2, 0) is 26.2 Å². The maximum Gasteiger partial charge on any atom is 0.264 e. The lowest BCUT2D eigenvalue weighted by molar-refractivity contribution is -0.139. The molecule has 1 N–H and O–H groups in total. The van der Waals surface area contributed by atoms with Gasteiger partial charge in [-0.2, -0.15) is 0 Å². The Labute approximate surface area is 247 Å². The van der Waals surface area contributed by atoms with Crippen molar-refractivity contribution in [1.82, 2.24) is 10.2 Å². The highest BCUT2D eigenvalue weighted by atomic mass is 35.5. The summed E-state index contributed by atoms with van der Waals surface area (Å²) in [4.78, 5) is 28.6. The van der Waals surface area contributed by atoms with Crippen LogP contribution < -0.4 is 9.62 Å². The number of benzene rings is 3. The van der Waals surface area contributed by atoms with Crippen molar-refractivity contribution in [2.24, 2.45) is 0 Å². The number of anilines is 1. The second-order valence-electron chi connectivity index (χ2n) is 9.93. The number of carbonyl (C=O) groups excluding carboxylic acids is 2. The quantitative estimate of drug-likeness (QED) is 0.285. The SMILES string of the molecule is CC[C@@H](C)NC(=O)[C@H](C)N(Cc1ccc(Cl)c(Cl)c1)C(=O)CN(c1cc(C)cc(C)c1)S(=O)(=O)c1ccccc1. The van der Waals surface area contributed by atoms with Crippen molar-refractivity contribution in [1.29, 1.82) is 0 Å². The van der Waals surface area contributed by atoms with Crippen molar-refractivity contribution in [2.75, 3.05) is 10.8 Å². The second-order valence-corrected chi connectivity index (χ2v) is 12.6. The number of amides is 2. The third-order valence-electron chi connectivity index (χ3n) is 6.61. The van der Waals surface area contributed by atoms with Gasteiger partial charge in [0.25, 0.3) is 10.0 Å². The van der Waals surface area contributed by atoms with E-state index in [1.165, 1.54) is 17.0 Å². The van der Waals surface area contributed by atoms with E-state index in [1.54, 1.807) is 55.5 Å². The van der Waals surface area contributed by atoms with E-state index in [4.69, 9.17) is 23.2 Å². The topological polar surface area (TPSA) is 86.8 Å². The molecule has 2 amide bonds. The summed E-state index contributed by atoms with van der Waals surface area (Å²) in [5.41, 5.74) is 2.71. The van der Waals surface area contributed by atoms with Gasteiger partial charge in [-0.25, -0.2) is 8.42 Å². The molecule has 7 nitrogen and oxygen atoms in total. The summed E-state index contributed by atoms with van der Waals surface area (Å²) in [6.45, 7) is 8.70. The van der Waals surface area contributed by atoms with E-state index >= 15 is 0 Å². The van der Waals surface area contributed by atoms with Crippen molar-refractivity contribution >= 4 is 50.7 Å². The molecule has 3 rings (SSSR count). The Balaban J connectivity index is 2.06. The average Bonchev–Trinajstić information content (AvgIpc) is 2.91. The van der Waals surface area contributed by atoms with Gasteiger partial charge < -0.3 is 10.2 Å². The molecule has 0 aliphatic heterocycles. The van der Waals surface area contributed by atoms with Gasteiger partial charge in [0.1, 0.15) is 12.6 Å². The summed E-state index contributed by atoms with van der Waals surface area (Å²) in [5.74, 6) is -0.886. The fourth-order valence-corrected chi connectivity index (χ4v) is 5.97. The molecule has 0 heterocycles. The highest BCUT2D eigenvalue weighted by molar-refractivity contribution is 7.92. The largest absolute Gasteiger partial charge is 0.352 e. The molecule has 0 aliphatic carbocycles. The first-order valence-electron chi connectivity index (χ1n) is 13.0. The summed E-state index contributed by atoms with van der Waals surface area (Å²) in [7, 11) is -4.12. The van der Waals surface area contributed by atoms with Crippen molar-refractivity contribution in [3.8, 4) is 0 Å². The zero-order valence-electron chi connectivity index (χ0n) is 23.3. The van der Waals surface area contributed by atoms with Crippen LogP contribution in [0.5, 0.6) is 0 Å². The molecule has 0 fully saturated rings. The van der Waals surface area contributed by atoms with Gasteiger partial charge in [-0.15, -0.1) is 0 Å². The monoisotopic (exact) mass is 603 g/mol. The normalized spacial score (nSPS) is 12.9. The Morgan fingerprint density at radius 2 is 1.52 bits per heavy atom. The third kappa shape index (κ3) is 7.77. The Morgan fingerprint density at radius 1 is 0.900 bits per heavy atom. The van der Waals surface area contributed by atoms with Crippen LogP contribution in [0.2, 0.25) is 10.0 Å². The van der Waals surface area contributed by atoms with Crippen LogP contribution in [-0.4, -0.2) is 43.8 Å². The van der Waals surface area contributed by atoms with Gasteiger partial charge in [-0.1, -0.05) is 60.5 Å². The molecule has 2 atom stereocenters. The van der Waals surface area contributed by atoms with Crippen molar-refractivity contribution < 1.29 is 18.0 Å². The molecule has 10 heteroatoms. The van der Waals surface area contributed by atoms with Gasteiger partial charge in [-0.05, 0) is 87.2 Å². The van der Waals surface area contributed by atoms with Gasteiger partial charge in [0.05, 0.1) is 20.6 Å². The summed E-state index contributed by atoms with van der Waals surface area (Å²) in [6.07, 6.45) is 0.717. The van der Waals surface area contributed by atoms with E-state index in [1.807, 2.05) is 33.8 Å². The minimum Gasteiger partial charge on any atom is -0.352 e. The van der Waals surface area contributed by atoms with Gasteiger partial charge >= 0.3 is 0 Å². The van der Waals surface area contributed by atoms with E-state index in [9.17, 15) is 18.0 Å². The molecule has 3 aromatic rings. The average molecular weight is 605 g/mol. The van der Waals surface area contributed by atoms with Gasteiger partial charge in [0.15, 0.2) is 0 Å². The molecule has 40 heavy (non-hydrogen) atoms. The van der Waals surface area contributed by atoms with Crippen LogP contribution in [0.4, 0.5) is 5.69 Å². The fraction of sp³-hybridized carbons (Fsp3) is 0.333. The first kappa shape index (κ1) is 31.5. The minimum atomic E-state index is -4.12. The summed E-state index contributed by atoms with van der Waals surface area (Å²) >= 11 is 12.3. The number of hydrogen-bond donors (Lipinski definition) is 1. The van der Waals surface area contributed by atoms with Gasteiger partial charge in [-0.3, -0.25) is 13.9 Å². The number of nitrogens with zero attached hydrogens (tertiary/aromatic N) is 2. The minimum absolute atomic E-state index is 0.0247. The molecule has 0 spiro atoms. The predicted molar refractivity (Wildman–Crippen MR) is 161 cm³/mol. The Bertz CT molecular complexity index is 1440.